The van der Waals surface area contributed by atoms with Gasteiger partial charge >= 0.3 is 5.97 Å². The van der Waals surface area contributed by atoms with Crippen molar-refractivity contribution < 1.29 is 14.8 Å². The first-order chi connectivity index (χ1) is 9.59. The van der Waals surface area contributed by atoms with Crippen molar-refractivity contribution in [2.24, 2.45) is 0 Å². The highest BCUT2D eigenvalue weighted by Crippen LogP contribution is 2.39. The molecule has 2 rings (SSSR count). The Hall–Kier alpha value is -2.17. The Morgan fingerprint density at radius 2 is 2.05 bits per heavy atom. The van der Waals surface area contributed by atoms with Gasteiger partial charge in [0.2, 0.25) is 0 Å². The molecule has 0 spiro atoms. The van der Waals surface area contributed by atoms with Crippen LogP contribution in [0.3, 0.4) is 0 Å². The fourth-order valence-electron chi connectivity index (χ4n) is 2.85. The Balaban J connectivity index is 2.46. The number of benzene rings is 1. The zero-order valence-corrected chi connectivity index (χ0v) is 11.1. The largest absolute Gasteiger partial charge is 0.478 e. The van der Waals surface area contributed by atoms with Crippen LogP contribution in [0, 0.1) is 10.1 Å². The van der Waals surface area contributed by atoms with E-state index in [2.05, 4.69) is 0 Å². The van der Waals surface area contributed by atoms with Crippen molar-refractivity contribution >= 4 is 11.7 Å². The van der Waals surface area contributed by atoms with Gasteiger partial charge in [0.25, 0.3) is 5.69 Å². The molecule has 1 aliphatic rings. The highest BCUT2D eigenvalue weighted by molar-refractivity contribution is 5.81. The first-order valence-electron chi connectivity index (χ1n) is 6.76. The maximum atomic E-state index is 11.1. The summed E-state index contributed by atoms with van der Waals surface area (Å²) in [6.07, 6.45) is 5.64. The highest BCUT2D eigenvalue weighted by Gasteiger charge is 2.26. The number of para-hydroxylation sites is 1. The second-order valence-corrected chi connectivity index (χ2v) is 5.03. The molecule has 20 heavy (non-hydrogen) atoms. The number of hydrogen-bond acceptors (Lipinski definition) is 3. The zero-order chi connectivity index (χ0) is 14.5. The third-order valence-corrected chi connectivity index (χ3v) is 3.72. The van der Waals surface area contributed by atoms with Gasteiger partial charge in [-0.2, -0.15) is 0 Å². The van der Waals surface area contributed by atoms with Crippen LogP contribution in [0.4, 0.5) is 5.69 Å². The Morgan fingerprint density at radius 1 is 1.30 bits per heavy atom. The van der Waals surface area contributed by atoms with Crippen molar-refractivity contribution in [1.82, 2.24) is 0 Å². The summed E-state index contributed by atoms with van der Waals surface area (Å²) in [7, 11) is 0. The van der Waals surface area contributed by atoms with Crippen LogP contribution in [0.5, 0.6) is 0 Å². The van der Waals surface area contributed by atoms with Gasteiger partial charge < -0.3 is 5.11 Å². The van der Waals surface area contributed by atoms with E-state index in [9.17, 15) is 14.9 Å². The molecule has 0 amide bonds. The van der Waals surface area contributed by atoms with E-state index in [4.69, 9.17) is 5.11 Å². The average molecular weight is 275 g/mol. The summed E-state index contributed by atoms with van der Waals surface area (Å²) in [5.41, 5.74) is 1.51. The van der Waals surface area contributed by atoms with Gasteiger partial charge in [0.1, 0.15) is 0 Å². The Labute approximate surface area is 117 Å². The summed E-state index contributed by atoms with van der Waals surface area (Å²) in [4.78, 5) is 21.7. The fourth-order valence-corrected chi connectivity index (χ4v) is 2.85. The molecule has 1 aliphatic carbocycles. The van der Waals surface area contributed by atoms with Gasteiger partial charge in [-0.15, -0.1) is 0 Å². The lowest BCUT2D eigenvalue weighted by atomic mass is 9.86. The third-order valence-electron chi connectivity index (χ3n) is 3.72. The number of nitro benzene ring substituents is 1. The normalized spacial score (nSPS) is 21.4. The van der Waals surface area contributed by atoms with Gasteiger partial charge in [-0.3, -0.25) is 10.1 Å². The maximum absolute atomic E-state index is 11.1. The second kappa shape index (κ2) is 6.32. The third kappa shape index (κ3) is 3.23. The first-order valence-corrected chi connectivity index (χ1v) is 6.76. The lowest BCUT2D eigenvalue weighted by Crippen LogP contribution is -2.06. The van der Waals surface area contributed by atoms with Crippen LogP contribution in [0.1, 0.15) is 43.6 Å². The molecule has 0 heterocycles. The minimum atomic E-state index is -0.981. The number of carboxylic acid groups (broad SMARTS) is 1. The molecular formula is C15H17NO4. The van der Waals surface area contributed by atoms with Crippen LogP contribution in [-0.2, 0) is 4.79 Å². The number of allylic oxidation sites excluding steroid dienone is 1. The van der Waals surface area contributed by atoms with Crippen molar-refractivity contribution in [3.05, 3.63) is 51.6 Å². The molecule has 1 N–H and O–H groups in total. The van der Waals surface area contributed by atoms with Gasteiger partial charge in [0, 0.05) is 23.6 Å². The fraction of sp³-hybridized carbons (Fsp3) is 0.400. The smallest absolute Gasteiger partial charge is 0.328 e. The number of aliphatic carboxylic acids is 1. The molecule has 1 aromatic rings. The molecule has 106 valence electrons. The van der Waals surface area contributed by atoms with E-state index in [-0.39, 0.29) is 11.6 Å². The summed E-state index contributed by atoms with van der Waals surface area (Å²) in [6.45, 7) is 0. The summed E-state index contributed by atoms with van der Waals surface area (Å²) < 4.78 is 0. The number of carboxylic acids is 1. The molecular weight excluding hydrogens is 258 g/mol. The summed E-state index contributed by atoms with van der Waals surface area (Å²) in [5, 5.41) is 20.1. The molecule has 5 nitrogen and oxygen atoms in total. The second-order valence-electron chi connectivity index (χ2n) is 5.03. The molecule has 0 saturated heterocycles. The molecule has 0 aliphatic heterocycles. The number of rotatable bonds is 3. The van der Waals surface area contributed by atoms with Crippen LogP contribution in [0.25, 0.3) is 0 Å². The minimum absolute atomic E-state index is 0.0793. The molecule has 0 bridgehead atoms. The van der Waals surface area contributed by atoms with E-state index >= 15 is 0 Å². The van der Waals surface area contributed by atoms with Crippen LogP contribution in [0.15, 0.2) is 35.9 Å². The van der Waals surface area contributed by atoms with E-state index in [1.807, 2.05) is 0 Å². The van der Waals surface area contributed by atoms with E-state index in [0.29, 0.717) is 12.0 Å². The van der Waals surface area contributed by atoms with E-state index in [0.717, 1.165) is 31.3 Å². The van der Waals surface area contributed by atoms with Gasteiger partial charge in [0.15, 0.2) is 0 Å². The minimum Gasteiger partial charge on any atom is -0.478 e. The zero-order valence-electron chi connectivity index (χ0n) is 11.1. The van der Waals surface area contributed by atoms with E-state index < -0.39 is 10.9 Å². The van der Waals surface area contributed by atoms with E-state index in [1.54, 1.807) is 18.2 Å². The van der Waals surface area contributed by atoms with Crippen LogP contribution in [-0.4, -0.2) is 16.0 Å². The first kappa shape index (κ1) is 14.2. The van der Waals surface area contributed by atoms with Crippen molar-refractivity contribution in [1.29, 1.82) is 0 Å². The average Bonchev–Trinajstić information content (AvgIpc) is 2.63. The molecule has 1 unspecified atom stereocenters. The molecule has 1 aromatic carbocycles. The van der Waals surface area contributed by atoms with Gasteiger partial charge in [-0.1, -0.05) is 36.6 Å². The molecule has 1 atom stereocenters. The van der Waals surface area contributed by atoms with Crippen LogP contribution in [0.2, 0.25) is 0 Å². The lowest BCUT2D eigenvalue weighted by molar-refractivity contribution is -0.385. The Bertz CT molecular complexity index is 551. The topological polar surface area (TPSA) is 80.4 Å². The molecule has 1 saturated carbocycles. The molecule has 1 fully saturated rings. The predicted molar refractivity (Wildman–Crippen MR) is 74.6 cm³/mol. The number of nitrogens with zero attached hydrogens (tertiary/aromatic N) is 1. The lowest BCUT2D eigenvalue weighted by Gasteiger charge is -2.18. The standard InChI is InChI=1S/C15H17NO4/c17-15(18)10-11-6-2-1-3-7-12(11)13-8-4-5-9-14(13)16(19)20/h4-5,8-10,12H,1-3,6-7H2,(H,17,18)/b11-10+. The molecule has 0 aromatic heterocycles. The van der Waals surface area contributed by atoms with E-state index in [1.165, 1.54) is 12.1 Å². The predicted octanol–water partition coefficient (Wildman–Crippen LogP) is 3.65. The number of carbonyl (C=O) groups is 1. The van der Waals surface area contributed by atoms with Gasteiger partial charge in [0.05, 0.1) is 4.92 Å². The SMILES string of the molecule is O=C(O)/C=C1\CCCCCC1c1ccccc1[N+](=O)[O-]. The quantitative estimate of drug-likeness (QED) is 0.395. The summed E-state index contributed by atoms with van der Waals surface area (Å²) in [6, 6.07) is 6.63. The monoisotopic (exact) mass is 275 g/mol. The van der Waals surface area contributed by atoms with Crippen molar-refractivity contribution in [2.45, 2.75) is 38.0 Å². The Morgan fingerprint density at radius 3 is 2.75 bits per heavy atom. The molecule has 0 radical (unpaired) electrons. The number of hydrogen-bond donors (Lipinski definition) is 1. The van der Waals surface area contributed by atoms with Crippen LogP contribution >= 0.6 is 0 Å². The highest BCUT2D eigenvalue weighted by atomic mass is 16.6. The summed E-state index contributed by atoms with van der Waals surface area (Å²) in [5.74, 6) is -1.14. The Kier molecular flexibility index (Phi) is 4.50. The van der Waals surface area contributed by atoms with Crippen LogP contribution < -0.4 is 0 Å². The number of nitro groups is 1. The van der Waals surface area contributed by atoms with Crippen molar-refractivity contribution in [2.75, 3.05) is 0 Å². The summed E-state index contributed by atoms with van der Waals surface area (Å²) >= 11 is 0. The maximum Gasteiger partial charge on any atom is 0.328 e. The van der Waals surface area contributed by atoms with Crippen molar-refractivity contribution in [3.63, 3.8) is 0 Å². The molecule has 5 heteroatoms. The van der Waals surface area contributed by atoms with Crippen molar-refractivity contribution in [3.8, 4) is 0 Å². The van der Waals surface area contributed by atoms with Gasteiger partial charge in [-0.05, 0) is 19.3 Å². The van der Waals surface area contributed by atoms with Gasteiger partial charge in [-0.25, -0.2) is 4.79 Å².